The fourth-order valence-electron chi connectivity index (χ4n) is 2.40. The van der Waals surface area contributed by atoms with Gasteiger partial charge in [-0.3, -0.25) is 14.2 Å². The van der Waals surface area contributed by atoms with E-state index in [0.717, 1.165) is 5.56 Å². The summed E-state index contributed by atoms with van der Waals surface area (Å²) >= 11 is 3.25. The van der Waals surface area contributed by atoms with E-state index >= 15 is 0 Å². The van der Waals surface area contributed by atoms with Gasteiger partial charge in [-0.25, -0.2) is 9.97 Å². The largest absolute Gasteiger partial charge is 0.297 e. The first-order valence-electron chi connectivity index (χ1n) is 6.66. The van der Waals surface area contributed by atoms with Gasteiger partial charge >= 0.3 is 0 Å². The lowest BCUT2D eigenvalue weighted by molar-refractivity contribution is -0.119. The van der Waals surface area contributed by atoms with Crippen LogP contribution in [0, 0.1) is 0 Å². The monoisotopic (exact) mass is 357 g/mol. The molecule has 0 bridgehead atoms. The molecule has 0 saturated heterocycles. The van der Waals surface area contributed by atoms with Crippen LogP contribution in [-0.4, -0.2) is 20.3 Å². The van der Waals surface area contributed by atoms with Gasteiger partial charge in [-0.1, -0.05) is 30.3 Å². The molecule has 6 heteroatoms. The summed E-state index contributed by atoms with van der Waals surface area (Å²) in [6, 6.07) is 11.9. The maximum atomic E-state index is 12.7. The van der Waals surface area contributed by atoms with Crippen LogP contribution in [-0.2, 0) is 4.79 Å². The summed E-state index contributed by atoms with van der Waals surface area (Å²) in [6.45, 7) is 1.46. The van der Waals surface area contributed by atoms with Crippen LogP contribution in [0.3, 0.4) is 0 Å². The lowest BCUT2D eigenvalue weighted by atomic mass is 10.0. The van der Waals surface area contributed by atoms with Crippen molar-refractivity contribution in [2.24, 2.45) is 0 Å². The molecule has 0 spiro atoms. The minimum Gasteiger partial charge on any atom is -0.297 e. The number of aromatic nitrogens is 3. The normalized spacial score (nSPS) is 12.3. The number of pyridine rings is 1. The van der Waals surface area contributed by atoms with Crippen LogP contribution in [0.1, 0.15) is 18.5 Å². The smallest absolute Gasteiger partial charge is 0.280 e. The first kappa shape index (κ1) is 14.6. The molecule has 1 unspecified atom stereocenters. The van der Waals surface area contributed by atoms with Crippen LogP contribution in [0.4, 0.5) is 0 Å². The number of hydrogen-bond acceptors (Lipinski definition) is 4. The molecule has 0 radical (unpaired) electrons. The Bertz CT molecular complexity index is 906. The fraction of sp³-hybridized carbons (Fsp3) is 0.125. The van der Waals surface area contributed by atoms with Crippen LogP contribution in [0.5, 0.6) is 0 Å². The van der Waals surface area contributed by atoms with Crippen molar-refractivity contribution in [3.63, 3.8) is 0 Å². The Balaban J connectivity index is 2.25. The second-order valence-corrected chi connectivity index (χ2v) is 5.70. The summed E-state index contributed by atoms with van der Waals surface area (Å²) in [5.74, 6) is -0.135. The molecule has 5 nitrogen and oxygen atoms in total. The van der Waals surface area contributed by atoms with E-state index in [0.29, 0.717) is 10.1 Å². The molecule has 110 valence electrons. The molecule has 0 N–H and O–H groups in total. The minimum absolute atomic E-state index is 0.135. The molecule has 2 aromatic heterocycles. The van der Waals surface area contributed by atoms with E-state index < -0.39 is 6.04 Å². The molecule has 22 heavy (non-hydrogen) atoms. The lowest BCUT2D eigenvalue weighted by Gasteiger charge is -2.17. The number of fused-ring (bicyclic) bond motifs is 1. The molecule has 0 aliphatic heterocycles. The van der Waals surface area contributed by atoms with E-state index in [1.165, 1.54) is 17.8 Å². The summed E-state index contributed by atoms with van der Waals surface area (Å²) in [7, 11) is 0. The van der Waals surface area contributed by atoms with Crippen molar-refractivity contribution in [3.05, 3.63) is 69.3 Å². The van der Waals surface area contributed by atoms with Crippen molar-refractivity contribution in [1.82, 2.24) is 14.5 Å². The zero-order valence-corrected chi connectivity index (χ0v) is 13.3. The van der Waals surface area contributed by atoms with Gasteiger partial charge in [0, 0.05) is 0 Å². The second-order valence-electron chi connectivity index (χ2n) is 4.88. The van der Waals surface area contributed by atoms with Gasteiger partial charge < -0.3 is 0 Å². The van der Waals surface area contributed by atoms with Crippen LogP contribution in [0.2, 0.25) is 0 Å². The van der Waals surface area contributed by atoms with Crippen molar-refractivity contribution in [3.8, 4) is 0 Å². The highest BCUT2D eigenvalue weighted by atomic mass is 79.9. The third-order valence-electron chi connectivity index (χ3n) is 3.38. The molecule has 3 aromatic rings. The zero-order chi connectivity index (χ0) is 15.7. The molecule has 0 amide bonds. The summed E-state index contributed by atoms with van der Waals surface area (Å²) in [5.41, 5.74) is 1.14. The number of ketones is 1. The van der Waals surface area contributed by atoms with Crippen molar-refractivity contribution in [1.29, 1.82) is 0 Å². The highest BCUT2D eigenvalue weighted by Crippen LogP contribution is 2.18. The van der Waals surface area contributed by atoms with Gasteiger partial charge in [0.2, 0.25) is 0 Å². The highest BCUT2D eigenvalue weighted by molar-refractivity contribution is 9.10. The maximum absolute atomic E-state index is 12.7. The van der Waals surface area contributed by atoms with Crippen LogP contribution >= 0.6 is 15.9 Å². The van der Waals surface area contributed by atoms with Gasteiger partial charge in [0.05, 0.1) is 11.8 Å². The molecule has 1 atom stereocenters. The van der Waals surface area contributed by atoms with Gasteiger partial charge in [-0.2, -0.15) is 0 Å². The maximum Gasteiger partial charge on any atom is 0.280 e. The Morgan fingerprint density at radius 1 is 1.18 bits per heavy atom. The standard InChI is InChI=1S/C16H12BrN3O2/c1-10(21)15(11-5-3-2-4-6-11)20-9-18-12-7-8-13(17)19-14(12)16(20)22/h2-9,15H,1H3. The van der Waals surface area contributed by atoms with Gasteiger partial charge in [-0.05, 0) is 40.5 Å². The number of carbonyl (C=O) groups excluding carboxylic acids is 1. The molecule has 0 fully saturated rings. The minimum atomic E-state index is -0.702. The average molecular weight is 358 g/mol. The van der Waals surface area contributed by atoms with E-state index in [-0.39, 0.29) is 16.9 Å². The first-order chi connectivity index (χ1) is 10.6. The van der Waals surface area contributed by atoms with Crippen LogP contribution < -0.4 is 5.56 Å². The second kappa shape index (κ2) is 5.81. The van der Waals surface area contributed by atoms with E-state index in [9.17, 15) is 9.59 Å². The van der Waals surface area contributed by atoms with E-state index in [2.05, 4.69) is 25.9 Å². The molecular weight excluding hydrogens is 346 g/mol. The molecule has 1 aromatic carbocycles. The van der Waals surface area contributed by atoms with Crippen molar-refractivity contribution >= 4 is 32.7 Å². The van der Waals surface area contributed by atoms with Crippen molar-refractivity contribution in [2.45, 2.75) is 13.0 Å². The number of rotatable bonds is 3. The van der Waals surface area contributed by atoms with E-state index in [4.69, 9.17) is 0 Å². The van der Waals surface area contributed by atoms with Crippen LogP contribution in [0.15, 0.2) is 58.2 Å². The molecule has 3 rings (SSSR count). The summed E-state index contributed by atoms with van der Waals surface area (Å²) < 4.78 is 1.88. The van der Waals surface area contributed by atoms with Gasteiger partial charge in [0.25, 0.3) is 5.56 Å². The third-order valence-corrected chi connectivity index (χ3v) is 3.82. The van der Waals surface area contributed by atoms with Crippen molar-refractivity contribution in [2.75, 3.05) is 0 Å². The fourth-order valence-corrected chi connectivity index (χ4v) is 2.71. The third kappa shape index (κ3) is 2.57. The van der Waals surface area contributed by atoms with E-state index in [1.54, 1.807) is 12.1 Å². The number of Topliss-reactive ketones (excluding diaryl/α,β-unsaturated/α-hetero) is 1. The first-order valence-corrected chi connectivity index (χ1v) is 7.46. The molecule has 0 aliphatic carbocycles. The average Bonchev–Trinajstić information content (AvgIpc) is 2.51. The summed E-state index contributed by atoms with van der Waals surface area (Å²) in [5, 5.41) is 0. The van der Waals surface area contributed by atoms with Gasteiger partial charge in [0.15, 0.2) is 11.3 Å². The Kier molecular flexibility index (Phi) is 3.85. The Labute approximate surface area is 134 Å². The quantitative estimate of drug-likeness (QED) is 0.676. The molecule has 2 heterocycles. The molecule has 0 aliphatic rings. The molecular formula is C16H12BrN3O2. The van der Waals surface area contributed by atoms with Gasteiger partial charge in [0.1, 0.15) is 10.6 Å². The number of carbonyl (C=O) groups is 1. The topological polar surface area (TPSA) is 64.8 Å². The van der Waals surface area contributed by atoms with Gasteiger partial charge in [-0.15, -0.1) is 0 Å². The Morgan fingerprint density at radius 2 is 1.91 bits per heavy atom. The predicted molar refractivity (Wildman–Crippen MR) is 86.8 cm³/mol. The Morgan fingerprint density at radius 3 is 2.59 bits per heavy atom. The number of halogens is 1. The zero-order valence-electron chi connectivity index (χ0n) is 11.7. The Hall–Kier alpha value is -2.34. The number of hydrogen-bond donors (Lipinski definition) is 0. The van der Waals surface area contributed by atoms with E-state index in [1.807, 2.05) is 30.3 Å². The predicted octanol–water partition coefficient (Wildman–Crippen LogP) is 2.73. The number of benzene rings is 1. The van der Waals surface area contributed by atoms with Crippen molar-refractivity contribution < 1.29 is 4.79 Å². The lowest BCUT2D eigenvalue weighted by Crippen LogP contribution is -2.30. The highest BCUT2D eigenvalue weighted by Gasteiger charge is 2.21. The summed E-state index contributed by atoms with van der Waals surface area (Å²) in [4.78, 5) is 33.2. The molecule has 0 saturated carbocycles. The number of nitrogens with zero attached hydrogens (tertiary/aromatic N) is 3. The summed E-state index contributed by atoms with van der Waals surface area (Å²) in [6.07, 6.45) is 1.40. The van der Waals surface area contributed by atoms with Crippen LogP contribution in [0.25, 0.3) is 11.0 Å². The SMILES string of the molecule is CC(=O)C(c1ccccc1)n1cnc2ccc(Br)nc2c1=O.